The van der Waals surface area contributed by atoms with Gasteiger partial charge in [-0.05, 0) is 64.4 Å². The molecular formula is C26H30BrN5O3. The Hall–Kier alpha value is -3.04. The number of carbonyl (C=O) groups is 2. The molecule has 0 saturated carbocycles. The molecule has 1 aliphatic rings. The van der Waals surface area contributed by atoms with Crippen LogP contribution in [0.4, 0.5) is 5.69 Å². The number of carbonyl (C=O) groups excluding carboxylic acids is 2. The molecule has 1 saturated heterocycles. The van der Waals surface area contributed by atoms with E-state index in [0.29, 0.717) is 36.1 Å². The number of nitrogens with one attached hydrogen (secondary N) is 2. The Balaban J connectivity index is 1.39. The Kier molecular flexibility index (Phi) is 7.66. The van der Waals surface area contributed by atoms with Gasteiger partial charge in [-0.2, -0.15) is 4.98 Å². The highest BCUT2D eigenvalue weighted by Gasteiger charge is 2.28. The molecule has 2 amide bonds. The fourth-order valence-electron chi connectivity index (χ4n) is 4.10. The molecule has 0 spiro atoms. The molecule has 1 atom stereocenters. The van der Waals surface area contributed by atoms with Crippen LogP contribution < -0.4 is 10.6 Å². The van der Waals surface area contributed by atoms with E-state index in [1.54, 1.807) is 18.2 Å². The number of hydrogen-bond donors (Lipinski definition) is 2. The van der Waals surface area contributed by atoms with Crippen LogP contribution in [0.5, 0.6) is 0 Å². The van der Waals surface area contributed by atoms with Crippen LogP contribution in [0.3, 0.4) is 0 Å². The Morgan fingerprint density at radius 1 is 1.17 bits per heavy atom. The van der Waals surface area contributed by atoms with Crippen LogP contribution in [0.15, 0.2) is 57.5 Å². The zero-order valence-corrected chi connectivity index (χ0v) is 21.8. The van der Waals surface area contributed by atoms with Gasteiger partial charge in [-0.3, -0.25) is 14.5 Å². The average molecular weight is 540 g/mol. The monoisotopic (exact) mass is 539 g/mol. The number of rotatable bonds is 6. The van der Waals surface area contributed by atoms with Gasteiger partial charge in [0.25, 0.3) is 5.91 Å². The molecule has 4 rings (SSSR count). The van der Waals surface area contributed by atoms with Crippen LogP contribution in [0.2, 0.25) is 0 Å². The zero-order valence-electron chi connectivity index (χ0n) is 20.2. The molecule has 2 aromatic carbocycles. The van der Waals surface area contributed by atoms with E-state index in [-0.39, 0.29) is 23.3 Å². The van der Waals surface area contributed by atoms with Crippen molar-refractivity contribution in [2.45, 2.75) is 45.7 Å². The van der Waals surface area contributed by atoms with E-state index in [0.717, 1.165) is 29.4 Å². The summed E-state index contributed by atoms with van der Waals surface area (Å²) in [5, 5.41) is 10.0. The molecule has 8 nitrogen and oxygen atoms in total. The van der Waals surface area contributed by atoms with Crippen molar-refractivity contribution in [2.75, 3.05) is 18.4 Å². The topological polar surface area (TPSA) is 100 Å². The summed E-state index contributed by atoms with van der Waals surface area (Å²) >= 11 is 3.46. The maximum Gasteiger partial charge on any atom is 0.253 e. The summed E-state index contributed by atoms with van der Waals surface area (Å²) in [7, 11) is 0. The molecule has 1 fully saturated rings. The molecule has 2 N–H and O–H groups in total. The third-order valence-corrected chi connectivity index (χ3v) is 6.20. The van der Waals surface area contributed by atoms with Gasteiger partial charge >= 0.3 is 0 Å². The fraction of sp³-hybridized carbons (Fsp3) is 0.385. The SMILES string of the molecule is CC(C)(C)NC(=O)c1ccccc1NC(=O)C1CCCN(Cc2nc(-c3cccc(Br)c3)no2)C1. The highest BCUT2D eigenvalue weighted by molar-refractivity contribution is 9.10. The van der Waals surface area contributed by atoms with Gasteiger partial charge in [0.05, 0.1) is 23.7 Å². The van der Waals surface area contributed by atoms with Crippen LogP contribution in [0.25, 0.3) is 11.4 Å². The lowest BCUT2D eigenvalue weighted by Gasteiger charge is -2.31. The minimum Gasteiger partial charge on any atom is -0.347 e. The predicted molar refractivity (Wildman–Crippen MR) is 138 cm³/mol. The van der Waals surface area contributed by atoms with Crippen molar-refractivity contribution in [1.29, 1.82) is 0 Å². The highest BCUT2D eigenvalue weighted by atomic mass is 79.9. The van der Waals surface area contributed by atoms with E-state index >= 15 is 0 Å². The van der Waals surface area contributed by atoms with Crippen LogP contribution in [0, 0.1) is 5.92 Å². The summed E-state index contributed by atoms with van der Waals surface area (Å²) in [5.74, 6) is 0.556. The lowest BCUT2D eigenvalue weighted by molar-refractivity contribution is -0.121. The predicted octanol–water partition coefficient (Wildman–Crippen LogP) is 4.88. The number of halogens is 1. The summed E-state index contributed by atoms with van der Waals surface area (Å²) in [5.41, 5.74) is 1.48. The van der Waals surface area contributed by atoms with Crippen LogP contribution >= 0.6 is 15.9 Å². The lowest BCUT2D eigenvalue weighted by Crippen LogP contribution is -2.42. The second-order valence-electron chi connectivity index (χ2n) is 9.84. The fourth-order valence-corrected chi connectivity index (χ4v) is 4.50. The Morgan fingerprint density at radius 2 is 1.97 bits per heavy atom. The quantitative estimate of drug-likeness (QED) is 0.463. The van der Waals surface area contributed by atoms with Gasteiger partial charge in [0.1, 0.15) is 0 Å². The van der Waals surface area contributed by atoms with Crippen molar-refractivity contribution < 1.29 is 14.1 Å². The number of anilines is 1. The molecule has 35 heavy (non-hydrogen) atoms. The molecule has 9 heteroatoms. The number of hydrogen-bond acceptors (Lipinski definition) is 6. The van der Waals surface area contributed by atoms with E-state index in [1.165, 1.54) is 0 Å². The molecule has 0 radical (unpaired) electrons. The number of piperidine rings is 1. The first-order chi connectivity index (χ1) is 16.7. The summed E-state index contributed by atoms with van der Waals surface area (Å²) < 4.78 is 6.42. The number of likely N-dealkylation sites (tertiary alicyclic amines) is 1. The van der Waals surface area contributed by atoms with Crippen molar-refractivity contribution >= 4 is 33.4 Å². The van der Waals surface area contributed by atoms with Crippen molar-refractivity contribution in [1.82, 2.24) is 20.4 Å². The smallest absolute Gasteiger partial charge is 0.253 e. The Labute approximate surface area is 213 Å². The van der Waals surface area contributed by atoms with Crippen molar-refractivity contribution in [3.05, 3.63) is 64.5 Å². The second kappa shape index (κ2) is 10.7. The molecule has 3 aromatic rings. The molecule has 0 bridgehead atoms. The number of nitrogens with zero attached hydrogens (tertiary/aromatic N) is 3. The van der Waals surface area contributed by atoms with Gasteiger partial charge in [0.2, 0.25) is 17.6 Å². The summed E-state index contributed by atoms with van der Waals surface area (Å²) in [6.07, 6.45) is 1.67. The van der Waals surface area contributed by atoms with Crippen LogP contribution in [0.1, 0.15) is 49.9 Å². The first-order valence-electron chi connectivity index (χ1n) is 11.7. The molecule has 1 aliphatic heterocycles. The van der Waals surface area contributed by atoms with E-state index in [2.05, 4.69) is 41.6 Å². The molecule has 1 unspecified atom stereocenters. The molecule has 1 aromatic heterocycles. The van der Waals surface area contributed by atoms with E-state index in [9.17, 15) is 9.59 Å². The first-order valence-corrected chi connectivity index (χ1v) is 12.5. The van der Waals surface area contributed by atoms with Gasteiger partial charge in [-0.25, -0.2) is 0 Å². The molecule has 2 heterocycles. The normalized spacial score (nSPS) is 16.6. The minimum atomic E-state index is -0.371. The average Bonchev–Trinajstić information content (AvgIpc) is 3.27. The van der Waals surface area contributed by atoms with Crippen molar-refractivity contribution in [3.8, 4) is 11.4 Å². The van der Waals surface area contributed by atoms with Crippen molar-refractivity contribution in [2.24, 2.45) is 5.92 Å². The van der Waals surface area contributed by atoms with Gasteiger partial charge < -0.3 is 15.2 Å². The third kappa shape index (κ3) is 6.76. The Morgan fingerprint density at radius 3 is 2.74 bits per heavy atom. The summed E-state index contributed by atoms with van der Waals surface area (Å²) in [6, 6.07) is 14.8. The molecule has 0 aliphatic carbocycles. The van der Waals surface area contributed by atoms with Crippen molar-refractivity contribution in [3.63, 3.8) is 0 Å². The number of amides is 2. The van der Waals surface area contributed by atoms with Crippen LogP contribution in [-0.4, -0.2) is 45.5 Å². The number of aromatic nitrogens is 2. The van der Waals surface area contributed by atoms with Gasteiger partial charge in [-0.15, -0.1) is 0 Å². The number of para-hydroxylation sites is 1. The van der Waals surface area contributed by atoms with Gasteiger partial charge in [0, 0.05) is 22.1 Å². The maximum atomic E-state index is 13.1. The van der Waals surface area contributed by atoms with Gasteiger partial charge in [0.15, 0.2) is 0 Å². The third-order valence-electron chi connectivity index (χ3n) is 5.70. The minimum absolute atomic E-state index is 0.0916. The molecular weight excluding hydrogens is 510 g/mol. The van der Waals surface area contributed by atoms with Crippen LogP contribution in [-0.2, 0) is 11.3 Å². The summed E-state index contributed by atoms with van der Waals surface area (Å²) in [6.45, 7) is 7.69. The second-order valence-corrected chi connectivity index (χ2v) is 10.8. The molecule has 184 valence electrons. The Bertz CT molecular complexity index is 1200. The first kappa shape index (κ1) is 25.1. The standard InChI is InChI=1S/C26H30BrN5O3/c1-26(2,3)30-25(34)20-11-4-5-12-21(20)28-24(33)18-9-7-13-32(15-18)16-22-29-23(31-35-22)17-8-6-10-19(27)14-17/h4-6,8,10-12,14,18H,7,9,13,15-16H2,1-3H3,(H,28,33)(H,30,34). The number of benzene rings is 2. The summed E-state index contributed by atoms with van der Waals surface area (Å²) in [4.78, 5) is 32.5. The van der Waals surface area contributed by atoms with Gasteiger partial charge in [-0.1, -0.05) is 45.4 Å². The zero-order chi connectivity index (χ0) is 25.0. The maximum absolute atomic E-state index is 13.1. The lowest BCUT2D eigenvalue weighted by atomic mass is 9.96. The van der Waals surface area contributed by atoms with E-state index < -0.39 is 0 Å². The largest absolute Gasteiger partial charge is 0.347 e. The van der Waals surface area contributed by atoms with E-state index in [1.807, 2.05) is 51.1 Å². The highest BCUT2D eigenvalue weighted by Crippen LogP contribution is 2.24. The van der Waals surface area contributed by atoms with E-state index in [4.69, 9.17) is 4.52 Å².